The van der Waals surface area contributed by atoms with Gasteiger partial charge in [0, 0.05) is 6.04 Å². The second kappa shape index (κ2) is 6.74. The summed E-state index contributed by atoms with van der Waals surface area (Å²) in [5.41, 5.74) is 0.939. The molecule has 0 saturated heterocycles. The van der Waals surface area contributed by atoms with Crippen LogP contribution < -0.4 is 10.0 Å². The lowest BCUT2D eigenvalue weighted by molar-refractivity contribution is 0.242. The highest BCUT2D eigenvalue weighted by atomic mass is 32.2. The van der Waals surface area contributed by atoms with E-state index >= 15 is 0 Å². The van der Waals surface area contributed by atoms with Gasteiger partial charge in [-0.3, -0.25) is 0 Å². The van der Waals surface area contributed by atoms with Crippen molar-refractivity contribution in [1.82, 2.24) is 10.0 Å². The minimum Gasteiger partial charge on any atom is -0.335 e. The van der Waals surface area contributed by atoms with Crippen molar-refractivity contribution in [1.29, 1.82) is 0 Å². The van der Waals surface area contributed by atoms with Crippen LogP contribution in [0.15, 0.2) is 30.3 Å². The van der Waals surface area contributed by atoms with Crippen molar-refractivity contribution in [2.75, 3.05) is 5.75 Å². The number of hydrogen-bond acceptors (Lipinski definition) is 3. The van der Waals surface area contributed by atoms with Gasteiger partial charge >= 0.3 is 6.03 Å². The molecule has 1 aromatic carbocycles. The van der Waals surface area contributed by atoms with Gasteiger partial charge in [0.15, 0.2) is 0 Å². The smallest absolute Gasteiger partial charge is 0.328 e. The van der Waals surface area contributed by atoms with E-state index in [1.165, 1.54) is 0 Å². The second-order valence-corrected chi connectivity index (χ2v) is 6.95. The number of carbonyl (C=O) groups is 1. The van der Waals surface area contributed by atoms with Crippen molar-refractivity contribution in [3.8, 4) is 0 Å². The molecule has 1 aromatic rings. The fourth-order valence-electron chi connectivity index (χ4n) is 2.37. The molecule has 0 spiro atoms. The summed E-state index contributed by atoms with van der Waals surface area (Å²) in [6.07, 6.45) is 4.43. The maximum absolute atomic E-state index is 11.8. The van der Waals surface area contributed by atoms with Crippen molar-refractivity contribution in [3.05, 3.63) is 35.9 Å². The Balaban J connectivity index is 1.79. The minimum atomic E-state index is -3.58. The number of aryl methyl sites for hydroxylation is 1. The second-order valence-electron chi connectivity index (χ2n) is 5.11. The van der Waals surface area contributed by atoms with E-state index in [2.05, 4.69) is 10.0 Å². The summed E-state index contributed by atoms with van der Waals surface area (Å²) in [6.45, 7) is 0. The van der Waals surface area contributed by atoms with Gasteiger partial charge in [0.2, 0.25) is 10.0 Å². The molecule has 2 amide bonds. The first kappa shape index (κ1) is 14.8. The zero-order valence-corrected chi connectivity index (χ0v) is 12.2. The third-order valence-electron chi connectivity index (χ3n) is 3.44. The fourth-order valence-corrected chi connectivity index (χ4v) is 3.32. The van der Waals surface area contributed by atoms with Gasteiger partial charge in [0.25, 0.3) is 0 Å². The van der Waals surface area contributed by atoms with Crippen molar-refractivity contribution >= 4 is 16.1 Å². The average molecular weight is 296 g/mol. The van der Waals surface area contributed by atoms with Crippen LogP contribution in [0.2, 0.25) is 0 Å². The van der Waals surface area contributed by atoms with Crippen molar-refractivity contribution in [3.63, 3.8) is 0 Å². The van der Waals surface area contributed by atoms with Crippen LogP contribution in [0.5, 0.6) is 0 Å². The lowest BCUT2D eigenvalue weighted by atomic mass is 10.2. The molecule has 2 N–H and O–H groups in total. The van der Waals surface area contributed by atoms with Crippen molar-refractivity contribution < 1.29 is 13.2 Å². The van der Waals surface area contributed by atoms with Gasteiger partial charge in [-0.2, -0.15) is 0 Å². The fraction of sp³-hybridized carbons (Fsp3) is 0.500. The van der Waals surface area contributed by atoms with Gasteiger partial charge in [0.05, 0.1) is 5.75 Å². The number of amides is 2. The minimum absolute atomic E-state index is 0.0882. The summed E-state index contributed by atoms with van der Waals surface area (Å²) >= 11 is 0. The van der Waals surface area contributed by atoms with Crippen LogP contribution in [0.25, 0.3) is 0 Å². The number of benzene rings is 1. The Kier molecular flexibility index (Phi) is 5.00. The van der Waals surface area contributed by atoms with E-state index in [0.29, 0.717) is 6.42 Å². The van der Waals surface area contributed by atoms with Gasteiger partial charge in [-0.25, -0.2) is 17.9 Å². The Hall–Kier alpha value is -1.56. The standard InChI is InChI=1S/C14H20N2O3S/c17-14(15-13-8-4-5-9-13)16-20(18,19)11-10-12-6-2-1-3-7-12/h1-3,6-7,13H,4-5,8-11H2,(H2,15,16,17). The third-order valence-corrected chi connectivity index (χ3v) is 4.68. The topological polar surface area (TPSA) is 75.3 Å². The van der Waals surface area contributed by atoms with Crippen LogP contribution in [0.4, 0.5) is 4.79 Å². The molecule has 0 atom stereocenters. The largest absolute Gasteiger partial charge is 0.335 e. The molecule has 0 unspecified atom stereocenters. The quantitative estimate of drug-likeness (QED) is 0.870. The molecule has 20 heavy (non-hydrogen) atoms. The van der Waals surface area contributed by atoms with E-state index in [4.69, 9.17) is 0 Å². The maximum Gasteiger partial charge on any atom is 0.328 e. The lowest BCUT2D eigenvalue weighted by Gasteiger charge is -2.13. The normalized spacial score (nSPS) is 16.0. The molecule has 1 aliphatic carbocycles. The van der Waals surface area contributed by atoms with Crippen LogP contribution in [0, 0.1) is 0 Å². The van der Waals surface area contributed by atoms with Crippen LogP contribution in [0.3, 0.4) is 0 Å². The van der Waals surface area contributed by atoms with E-state index in [9.17, 15) is 13.2 Å². The molecule has 1 fully saturated rings. The monoisotopic (exact) mass is 296 g/mol. The van der Waals surface area contributed by atoms with Crippen LogP contribution in [-0.4, -0.2) is 26.2 Å². The molecule has 1 saturated carbocycles. The Labute approximate surface area is 119 Å². The van der Waals surface area contributed by atoms with E-state index in [1.807, 2.05) is 30.3 Å². The number of nitrogens with one attached hydrogen (secondary N) is 2. The molecule has 0 bridgehead atoms. The summed E-state index contributed by atoms with van der Waals surface area (Å²) in [7, 11) is -3.58. The van der Waals surface area contributed by atoms with E-state index in [-0.39, 0.29) is 11.8 Å². The summed E-state index contributed by atoms with van der Waals surface area (Å²) < 4.78 is 25.7. The van der Waals surface area contributed by atoms with Gasteiger partial charge in [-0.15, -0.1) is 0 Å². The van der Waals surface area contributed by atoms with E-state index in [0.717, 1.165) is 31.2 Å². The van der Waals surface area contributed by atoms with Crippen LogP contribution in [-0.2, 0) is 16.4 Å². The first-order chi connectivity index (χ1) is 9.55. The summed E-state index contributed by atoms with van der Waals surface area (Å²) in [5, 5.41) is 2.70. The van der Waals surface area contributed by atoms with Crippen LogP contribution >= 0.6 is 0 Å². The predicted octanol–water partition coefficient (Wildman–Crippen LogP) is 1.80. The highest BCUT2D eigenvalue weighted by Crippen LogP contribution is 2.17. The maximum atomic E-state index is 11.8. The highest BCUT2D eigenvalue weighted by molar-refractivity contribution is 7.90. The lowest BCUT2D eigenvalue weighted by Crippen LogP contribution is -2.44. The summed E-state index contributed by atoms with van der Waals surface area (Å²) in [4.78, 5) is 11.6. The van der Waals surface area contributed by atoms with Gasteiger partial charge in [-0.05, 0) is 24.8 Å². The van der Waals surface area contributed by atoms with E-state index in [1.54, 1.807) is 0 Å². The SMILES string of the molecule is O=C(NC1CCCC1)NS(=O)(=O)CCc1ccccc1. The number of carbonyl (C=O) groups excluding carboxylic acids is 1. The number of urea groups is 1. The van der Waals surface area contributed by atoms with Crippen LogP contribution in [0.1, 0.15) is 31.2 Å². The molecule has 5 nitrogen and oxygen atoms in total. The number of hydrogen-bond donors (Lipinski definition) is 2. The Morgan fingerprint density at radius 2 is 1.80 bits per heavy atom. The molecule has 0 aliphatic heterocycles. The Morgan fingerprint density at radius 1 is 1.15 bits per heavy atom. The zero-order chi connectivity index (χ0) is 14.4. The average Bonchev–Trinajstić information content (AvgIpc) is 2.90. The van der Waals surface area contributed by atoms with Gasteiger partial charge < -0.3 is 5.32 Å². The molecule has 1 aliphatic rings. The Morgan fingerprint density at radius 3 is 2.45 bits per heavy atom. The summed E-state index contributed by atoms with van der Waals surface area (Å²) in [5.74, 6) is -0.0882. The highest BCUT2D eigenvalue weighted by Gasteiger charge is 2.20. The summed E-state index contributed by atoms with van der Waals surface area (Å²) in [6, 6.07) is 8.85. The Bertz CT molecular complexity index is 537. The number of sulfonamides is 1. The molecule has 110 valence electrons. The van der Waals surface area contributed by atoms with E-state index < -0.39 is 16.1 Å². The molecule has 0 aromatic heterocycles. The number of rotatable bonds is 5. The molecule has 0 heterocycles. The molecule has 0 radical (unpaired) electrons. The first-order valence-corrected chi connectivity index (χ1v) is 8.55. The molecular formula is C14H20N2O3S. The van der Waals surface area contributed by atoms with Gasteiger partial charge in [0.1, 0.15) is 0 Å². The molecular weight excluding hydrogens is 276 g/mol. The first-order valence-electron chi connectivity index (χ1n) is 6.90. The predicted molar refractivity (Wildman–Crippen MR) is 77.9 cm³/mol. The zero-order valence-electron chi connectivity index (χ0n) is 11.3. The van der Waals surface area contributed by atoms with Gasteiger partial charge in [-0.1, -0.05) is 43.2 Å². The van der Waals surface area contributed by atoms with Crippen molar-refractivity contribution in [2.45, 2.75) is 38.1 Å². The van der Waals surface area contributed by atoms with Crippen molar-refractivity contribution in [2.24, 2.45) is 0 Å². The molecule has 2 rings (SSSR count). The molecule has 6 heteroatoms. The third kappa shape index (κ3) is 4.85.